The molecule has 1 aromatic heterocycles. The maximum atomic E-state index is 12.6. The van der Waals surface area contributed by atoms with Crippen LogP contribution in [0.15, 0.2) is 103 Å². The van der Waals surface area contributed by atoms with Crippen molar-refractivity contribution >= 4 is 17.0 Å². The lowest BCUT2D eigenvalue weighted by molar-refractivity contribution is 0.0734. The maximum absolute atomic E-state index is 12.6. The van der Waals surface area contributed by atoms with Gasteiger partial charge in [0.2, 0.25) is 0 Å². The third kappa shape index (κ3) is 4.94. The first-order chi connectivity index (χ1) is 16.6. The molecule has 4 aromatic carbocycles. The predicted molar refractivity (Wildman–Crippen MR) is 132 cm³/mol. The first-order valence-electron chi connectivity index (χ1n) is 11.0. The van der Waals surface area contributed by atoms with E-state index in [2.05, 4.69) is 9.97 Å². The molecular weight excluding hydrogens is 424 g/mol. The number of nitrogens with zero attached hydrogens (tertiary/aromatic N) is 2. The molecule has 0 radical (unpaired) electrons. The van der Waals surface area contributed by atoms with Gasteiger partial charge in [-0.1, -0.05) is 36.4 Å². The normalized spacial score (nSPS) is 10.7. The Balaban J connectivity index is 1.21. The minimum atomic E-state index is -0.413. The summed E-state index contributed by atoms with van der Waals surface area (Å²) >= 11 is 0. The van der Waals surface area contributed by atoms with Crippen LogP contribution in [0.5, 0.6) is 11.5 Å². The first kappa shape index (κ1) is 21.3. The Kier molecular flexibility index (Phi) is 5.99. The van der Waals surface area contributed by atoms with E-state index < -0.39 is 5.97 Å². The first-order valence-corrected chi connectivity index (χ1v) is 11.0. The molecule has 0 bridgehead atoms. The number of benzene rings is 4. The Morgan fingerprint density at radius 2 is 1.56 bits per heavy atom. The molecular formula is C29H22N2O3. The van der Waals surface area contributed by atoms with E-state index in [0.717, 1.165) is 39.2 Å². The SMILES string of the molecule is Cc1cccc(OCc2ccc(C(=O)Oc3ccc(-c4cnc5ccccc5n4)cc3)cc2)c1. The summed E-state index contributed by atoms with van der Waals surface area (Å²) < 4.78 is 11.4. The second-order valence-corrected chi connectivity index (χ2v) is 7.96. The van der Waals surface area contributed by atoms with Crippen LogP contribution in [0.3, 0.4) is 0 Å². The van der Waals surface area contributed by atoms with Crippen molar-refractivity contribution in [2.45, 2.75) is 13.5 Å². The molecule has 166 valence electrons. The topological polar surface area (TPSA) is 61.3 Å². The second kappa shape index (κ2) is 9.55. The lowest BCUT2D eigenvalue weighted by Crippen LogP contribution is -2.08. The molecule has 0 amide bonds. The van der Waals surface area contributed by atoms with Crippen LogP contribution in [0, 0.1) is 6.92 Å². The van der Waals surface area contributed by atoms with E-state index in [0.29, 0.717) is 17.9 Å². The van der Waals surface area contributed by atoms with Crippen LogP contribution in [0.1, 0.15) is 21.5 Å². The molecule has 0 atom stereocenters. The lowest BCUT2D eigenvalue weighted by Gasteiger charge is -2.08. The van der Waals surface area contributed by atoms with Gasteiger partial charge < -0.3 is 9.47 Å². The largest absolute Gasteiger partial charge is 0.489 e. The van der Waals surface area contributed by atoms with Crippen molar-refractivity contribution in [3.63, 3.8) is 0 Å². The smallest absolute Gasteiger partial charge is 0.343 e. The summed E-state index contributed by atoms with van der Waals surface area (Å²) in [6.07, 6.45) is 1.74. The van der Waals surface area contributed by atoms with Gasteiger partial charge in [0.15, 0.2) is 0 Å². The van der Waals surface area contributed by atoms with E-state index in [9.17, 15) is 4.79 Å². The van der Waals surface area contributed by atoms with Gasteiger partial charge in [-0.15, -0.1) is 0 Å². The molecule has 1 heterocycles. The number of aryl methyl sites for hydroxylation is 1. The highest BCUT2D eigenvalue weighted by Crippen LogP contribution is 2.23. The fourth-order valence-corrected chi connectivity index (χ4v) is 3.56. The van der Waals surface area contributed by atoms with Crippen LogP contribution in [-0.4, -0.2) is 15.9 Å². The molecule has 0 saturated carbocycles. The average molecular weight is 447 g/mol. The zero-order chi connectivity index (χ0) is 23.3. The second-order valence-electron chi connectivity index (χ2n) is 7.96. The average Bonchev–Trinajstić information content (AvgIpc) is 2.88. The summed E-state index contributed by atoms with van der Waals surface area (Å²) in [5.74, 6) is 0.875. The van der Waals surface area contributed by atoms with Crippen LogP contribution >= 0.6 is 0 Å². The minimum absolute atomic E-state index is 0.413. The monoisotopic (exact) mass is 446 g/mol. The summed E-state index contributed by atoms with van der Waals surface area (Å²) in [5, 5.41) is 0. The summed E-state index contributed by atoms with van der Waals surface area (Å²) in [6.45, 7) is 2.45. The summed E-state index contributed by atoms with van der Waals surface area (Å²) in [6, 6.07) is 30.1. The number of aromatic nitrogens is 2. The molecule has 5 aromatic rings. The molecule has 0 fully saturated rings. The Morgan fingerprint density at radius 3 is 2.32 bits per heavy atom. The Labute approximate surface area is 197 Å². The van der Waals surface area contributed by atoms with Gasteiger partial charge in [0.1, 0.15) is 18.1 Å². The standard InChI is InChI=1S/C29H22N2O3/c1-20-5-4-6-25(17-20)33-19-21-9-11-23(12-10-21)29(32)34-24-15-13-22(14-16-24)28-18-30-26-7-2-3-8-27(26)31-28/h2-18H,19H2,1H3. The van der Waals surface area contributed by atoms with Crippen LogP contribution in [0.25, 0.3) is 22.3 Å². The molecule has 5 rings (SSSR count). The number of para-hydroxylation sites is 2. The fourth-order valence-electron chi connectivity index (χ4n) is 3.56. The number of hydrogen-bond donors (Lipinski definition) is 0. The third-order valence-electron chi connectivity index (χ3n) is 5.39. The zero-order valence-electron chi connectivity index (χ0n) is 18.6. The van der Waals surface area contributed by atoms with Crippen molar-refractivity contribution in [1.82, 2.24) is 9.97 Å². The molecule has 0 aliphatic heterocycles. The molecule has 5 heteroatoms. The molecule has 0 saturated heterocycles. The van der Waals surface area contributed by atoms with Crippen LogP contribution in [0.2, 0.25) is 0 Å². The highest BCUT2D eigenvalue weighted by molar-refractivity contribution is 5.91. The van der Waals surface area contributed by atoms with Crippen molar-refractivity contribution in [1.29, 1.82) is 0 Å². The summed E-state index contributed by atoms with van der Waals surface area (Å²) in [7, 11) is 0. The zero-order valence-corrected chi connectivity index (χ0v) is 18.6. The van der Waals surface area contributed by atoms with Gasteiger partial charge in [-0.25, -0.2) is 9.78 Å². The molecule has 34 heavy (non-hydrogen) atoms. The van der Waals surface area contributed by atoms with Crippen LogP contribution in [-0.2, 0) is 6.61 Å². The Hall–Kier alpha value is -4.51. The third-order valence-corrected chi connectivity index (χ3v) is 5.39. The van der Waals surface area contributed by atoms with E-state index in [-0.39, 0.29) is 0 Å². The van der Waals surface area contributed by atoms with E-state index in [1.165, 1.54) is 0 Å². The molecule has 0 aliphatic rings. The highest BCUT2D eigenvalue weighted by atomic mass is 16.5. The van der Waals surface area contributed by atoms with E-state index >= 15 is 0 Å². The van der Waals surface area contributed by atoms with Gasteiger partial charge in [-0.05, 0) is 78.7 Å². The Bertz CT molecular complexity index is 1450. The number of carbonyl (C=O) groups excluding carboxylic acids is 1. The van der Waals surface area contributed by atoms with Crippen molar-refractivity contribution < 1.29 is 14.3 Å². The summed E-state index contributed by atoms with van der Waals surface area (Å²) in [4.78, 5) is 21.7. The van der Waals surface area contributed by atoms with Crippen molar-refractivity contribution in [2.24, 2.45) is 0 Å². The molecule has 5 nitrogen and oxygen atoms in total. The Morgan fingerprint density at radius 1 is 0.794 bits per heavy atom. The van der Waals surface area contributed by atoms with E-state index in [1.54, 1.807) is 30.5 Å². The molecule has 0 aliphatic carbocycles. The number of carbonyl (C=O) groups is 1. The number of ether oxygens (including phenoxy) is 2. The molecule has 0 spiro atoms. The number of fused-ring (bicyclic) bond motifs is 1. The van der Waals surface area contributed by atoms with Gasteiger partial charge in [0.05, 0.1) is 28.5 Å². The number of hydrogen-bond acceptors (Lipinski definition) is 5. The number of rotatable bonds is 6. The molecule has 0 N–H and O–H groups in total. The van der Waals surface area contributed by atoms with Crippen molar-refractivity contribution in [3.8, 4) is 22.8 Å². The van der Waals surface area contributed by atoms with Crippen LogP contribution in [0.4, 0.5) is 0 Å². The van der Waals surface area contributed by atoms with Gasteiger partial charge in [0.25, 0.3) is 0 Å². The van der Waals surface area contributed by atoms with Crippen LogP contribution < -0.4 is 9.47 Å². The minimum Gasteiger partial charge on any atom is -0.489 e. The van der Waals surface area contributed by atoms with Gasteiger partial charge in [0, 0.05) is 5.56 Å². The lowest BCUT2D eigenvalue weighted by atomic mass is 10.1. The molecule has 0 unspecified atom stereocenters. The van der Waals surface area contributed by atoms with Crippen molar-refractivity contribution in [3.05, 3.63) is 120 Å². The maximum Gasteiger partial charge on any atom is 0.343 e. The highest BCUT2D eigenvalue weighted by Gasteiger charge is 2.10. The summed E-state index contributed by atoms with van der Waals surface area (Å²) in [5.41, 5.74) is 5.94. The fraction of sp³-hybridized carbons (Fsp3) is 0.0690. The van der Waals surface area contributed by atoms with E-state index in [4.69, 9.17) is 9.47 Å². The van der Waals surface area contributed by atoms with Gasteiger partial charge >= 0.3 is 5.97 Å². The van der Waals surface area contributed by atoms with E-state index in [1.807, 2.05) is 79.7 Å². The quantitative estimate of drug-likeness (QED) is 0.223. The van der Waals surface area contributed by atoms with Crippen molar-refractivity contribution in [2.75, 3.05) is 0 Å². The predicted octanol–water partition coefficient (Wildman–Crippen LogP) is 6.40. The van der Waals surface area contributed by atoms with Gasteiger partial charge in [-0.2, -0.15) is 0 Å². The van der Waals surface area contributed by atoms with Gasteiger partial charge in [-0.3, -0.25) is 4.98 Å². The number of esters is 1.